The van der Waals surface area contributed by atoms with E-state index >= 15 is 0 Å². The van der Waals surface area contributed by atoms with Crippen molar-refractivity contribution < 1.29 is 41.3 Å². The Morgan fingerprint density at radius 2 is 1.63 bits per heavy atom. The quantitative estimate of drug-likeness (QED) is 0.0984. The van der Waals surface area contributed by atoms with E-state index in [4.69, 9.17) is 4.74 Å². The van der Waals surface area contributed by atoms with Crippen molar-refractivity contribution >= 4 is 44.4 Å². The summed E-state index contributed by atoms with van der Waals surface area (Å²) in [5.41, 5.74) is 9.58. The minimum atomic E-state index is -0.515. The Hall–Kier alpha value is -4.94. The third-order valence-electron chi connectivity index (χ3n) is 10.8. The normalized spacial score (nSPS) is 18.5. The van der Waals surface area contributed by atoms with E-state index < -0.39 is 10.8 Å². The lowest BCUT2D eigenvalue weighted by Crippen LogP contribution is -3.00. The lowest BCUT2D eigenvalue weighted by molar-refractivity contribution is -0.436. The van der Waals surface area contributed by atoms with Crippen LogP contribution >= 0.6 is 0 Å². The molecule has 3 aliphatic rings. The summed E-state index contributed by atoms with van der Waals surface area (Å²) in [7, 11) is 1.69. The minimum absolute atomic E-state index is 0. The first-order valence-electron chi connectivity index (χ1n) is 17.1. The van der Waals surface area contributed by atoms with Gasteiger partial charge in [0.05, 0.1) is 30.3 Å². The van der Waals surface area contributed by atoms with Crippen LogP contribution in [0.15, 0.2) is 126 Å². The summed E-state index contributed by atoms with van der Waals surface area (Å²) in [6, 6.07) is 20.4. The number of hydrogen-bond donors (Lipinski definition) is 2. The average molecular weight is 744 g/mol. The highest BCUT2D eigenvalue weighted by atomic mass is 79.9. The highest BCUT2D eigenvalue weighted by Gasteiger charge is 2.48. The number of anilines is 1. The molecular weight excluding hydrogens is 700 g/mol. The Morgan fingerprint density at radius 1 is 0.922 bits per heavy atom. The number of aliphatic hydroxyl groups is 2. The summed E-state index contributed by atoms with van der Waals surface area (Å²) in [6.45, 7) is 17.5. The Morgan fingerprint density at radius 3 is 2.29 bits per heavy atom. The summed E-state index contributed by atoms with van der Waals surface area (Å²) in [5, 5.41) is 25.9. The lowest BCUT2D eigenvalue weighted by Gasteiger charge is -2.29. The minimum Gasteiger partial charge on any atom is -1.00 e. The van der Waals surface area contributed by atoms with Crippen molar-refractivity contribution in [3.05, 3.63) is 143 Å². The number of allylic oxidation sites excluding steroid dienone is 5. The number of ketones is 1. The molecule has 0 bridgehead atoms. The number of nitrogens with zero attached hydrogens (tertiary/aromatic N) is 2. The molecule has 0 amide bonds. The number of rotatable bonds is 9. The molecule has 2 heterocycles. The van der Waals surface area contributed by atoms with Crippen molar-refractivity contribution in [2.24, 2.45) is 0 Å². The van der Waals surface area contributed by atoms with Crippen molar-refractivity contribution in [2.45, 2.75) is 51.6 Å². The summed E-state index contributed by atoms with van der Waals surface area (Å²) in [6.07, 6.45) is 8.25. The van der Waals surface area contributed by atoms with Gasteiger partial charge in [0.25, 0.3) is 0 Å². The number of benzene rings is 4. The maximum Gasteiger partial charge on any atom is 0.210 e. The van der Waals surface area contributed by atoms with Crippen LogP contribution in [0.4, 0.5) is 11.4 Å². The second-order valence-electron chi connectivity index (χ2n) is 14.2. The van der Waals surface area contributed by atoms with E-state index in [9.17, 15) is 15.0 Å². The first kappa shape index (κ1) is 35.9. The van der Waals surface area contributed by atoms with Crippen molar-refractivity contribution in [1.82, 2.24) is 0 Å². The summed E-state index contributed by atoms with van der Waals surface area (Å²) in [5.74, 6) is 0.618. The molecular formula is C44H43BrN2O4. The van der Waals surface area contributed by atoms with Crippen LogP contribution in [0.1, 0.15) is 50.8 Å². The van der Waals surface area contributed by atoms with Gasteiger partial charge >= 0.3 is 0 Å². The van der Waals surface area contributed by atoms with Crippen LogP contribution in [0.5, 0.6) is 5.75 Å². The average Bonchev–Trinajstić information content (AvgIpc) is 3.47. The fourth-order valence-electron chi connectivity index (χ4n) is 8.31. The molecule has 7 rings (SSSR count). The first-order chi connectivity index (χ1) is 24.0. The van der Waals surface area contributed by atoms with Gasteiger partial charge in [-0.05, 0) is 71.5 Å². The predicted octanol–water partition coefficient (Wildman–Crippen LogP) is 5.79. The Bertz CT molecular complexity index is 2330. The fraction of sp³-hybridized carbons (Fsp3) is 0.250. The highest BCUT2D eigenvalue weighted by molar-refractivity contribution is 6.24. The maximum atomic E-state index is 14.1. The Kier molecular flexibility index (Phi) is 9.36. The molecule has 260 valence electrons. The van der Waals surface area contributed by atoms with Crippen LogP contribution in [-0.4, -0.2) is 46.5 Å². The number of carbonyl (C=O) groups excluding carboxylic acids is 1. The van der Waals surface area contributed by atoms with Gasteiger partial charge in [-0.2, -0.15) is 4.58 Å². The zero-order valence-corrected chi connectivity index (χ0v) is 31.4. The molecule has 7 heteroatoms. The van der Waals surface area contributed by atoms with Gasteiger partial charge in [-0.1, -0.05) is 62.9 Å². The number of halogens is 1. The third kappa shape index (κ3) is 5.34. The van der Waals surface area contributed by atoms with E-state index in [0.29, 0.717) is 24.2 Å². The monoisotopic (exact) mass is 742 g/mol. The molecule has 6 nitrogen and oxygen atoms in total. The smallest absolute Gasteiger partial charge is 0.210 e. The van der Waals surface area contributed by atoms with Crippen molar-refractivity contribution in [2.75, 3.05) is 25.1 Å². The van der Waals surface area contributed by atoms with Crippen LogP contribution in [0, 0.1) is 0 Å². The van der Waals surface area contributed by atoms with Crippen LogP contribution in [0.3, 0.4) is 0 Å². The zero-order chi connectivity index (χ0) is 35.5. The summed E-state index contributed by atoms with van der Waals surface area (Å²) < 4.78 is 7.95. The largest absolute Gasteiger partial charge is 1.00 e. The van der Waals surface area contributed by atoms with Gasteiger partial charge in [-0.3, -0.25) is 4.79 Å². The van der Waals surface area contributed by atoms with Gasteiger partial charge in [0.2, 0.25) is 11.5 Å². The van der Waals surface area contributed by atoms with E-state index in [1.165, 1.54) is 0 Å². The van der Waals surface area contributed by atoms with Crippen molar-refractivity contribution in [1.29, 1.82) is 0 Å². The van der Waals surface area contributed by atoms with E-state index in [1.807, 2.05) is 54.6 Å². The number of Topliss-reactive ketones (excluding diaryl/α,β-unsaturated/α-hetero) is 1. The third-order valence-corrected chi connectivity index (χ3v) is 10.8. The van der Waals surface area contributed by atoms with Crippen molar-refractivity contribution in [3.63, 3.8) is 0 Å². The SMILES string of the molecule is C=C=CCN1/C(=C/C2=C(O)C(=C/C3=[N+](CCC=C)c4ccc5c(OC)cccc5c4C3(C)C)/C2=O)C(C)(C)c2c1ccc1c(CO)cccc21.[Br-]. The second-order valence-corrected chi connectivity index (χ2v) is 14.2. The van der Waals surface area contributed by atoms with Crippen LogP contribution in [0.25, 0.3) is 21.5 Å². The molecule has 51 heavy (non-hydrogen) atoms. The molecule has 0 unspecified atom stereocenters. The molecule has 0 fully saturated rings. The van der Waals surface area contributed by atoms with Gasteiger partial charge in [0.15, 0.2) is 12.3 Å². The number of carbonyl (C=O) groups is 1. The molecule has 0 saturated carbocycles. The molecule has 2 aliphatic heterocycles. The highest BCUT2D eigenvalue weighted by Crippen LogP contribution is 2.52. The number of ether oxygens (including phenoxy) is 1. The zero-order valence-electron chi connectivity index (χ0n) is 29.8. The van der Waals surface area contributed by atoms with Crippen LogP contribution in [0.2, 0.25) is 0 Å². The van der Waals surface area contributed by atoms with Crippen LogP contribution in [-0.2, 0) is 22.2 Å². The standard InChI is InChI=1S/C44H42N2O4.BrH/c1-8-10-22-45-34-20-18-28-27(26-47)14-12-15-30(28)39(34)43(3,4)37(45)24-32-41(48)33(42(32)49)25-38-44(5,6)40-31-16-13-17-36(50-7)29(31)19-21-35(40)46(38)23-11-9-2;/h9-10,12-21,24-25,47H,1-2,11,22-23,26H2,3-7H3;1H. The van der Waals surface area contributed by atoms with Gasteiger partial charge in [-0.25, -0.2) is 0 Å². The number of fused-ring (bicyclic) bond motifs is 6. The second kappa shape index (κ2) is 13.3. The fourth-order valence-corrected chi connectivity index (χ4v) is 8.31. The maximum absolute atomic E-state index is 14.1. The van der Waals surface area contributed by atoms with Gasteiger partial charge in [0.1, 0.15) is 11.5 Å². The van der Waals surface area contributed by atoms with E-state index in [1.54, 1.807) is 7.11 Å². The van der Waals surface area contributed by atoms with Crippen LogP contribution < -0.4 is 26.6 Å². The number of methoxy groups -OCH3 is 1. The Labute approximate surface area is 310 Å². The molecule has 1 aliphatic carbocycles. The number of aliphatic hydroxyl groups excluding tert-OH is 2. The molecule has 2 N–H and O–H groups in total. The van der Waals surface area contributed by atoms with Gasteiger partial charge in [-0.15, -0.1) is 12.3 Å². The predicted molar refractivity (Wildman–Crippen MR) is 203 cm³/mol. The van der Waals surface area contributed by atoms with Crippen molar-refractivity contribution in [3.8, 4) is 5.75 Å². The van der Waals surface area contributed by atoms with E-state index in [0.717, 1.165) is 73.2 Å². The van der Waals surface area contributed by atoms with E-state index in [-0.39, 0.29) is 35.1 Å². The number of hydrogen-bond acceptors (Lipinski definition) is 5. The summed E-state index contributed by atoms with van der Waals surface area (Å²) >= 11 is 0. The Balaban J connectivity index is 0.00000448. The topological polar surface area (TPSA) is 73.0 Å². The molecule has 4 aromatic rings. The van der Waals surface area contributed by atoms with Gasteiger partial charge < -0.3 is 36.8 Å². The summed E-state index contributed by atoms with van der Waals surface area (Å²) in [4.78, 5) is 16.2. The molecule has 0 aromatic heterocycles. The van der Waals surface area contributed by atoms with E-state index in [2.05, 4.69) is 86.4 Å². The molecule has 4 aromatic carbocycles. The molecule has 0 radical (unpaired) electrons. The lowest BCUT2D eigenvalue weighted by atomic mass is 9.76. The van der Waals surface area contributed by atoms with Gasteiger partial charge in [0, 0.05) is 52.9 Å². The molecule has 0 spiro atoms. The molecule has 0 saturated heterocycles. The molecule has 0 atom stereocenters. The first-order valence-corrected chi connectivity index (χ1v) is 17.1.